The minimum atomic E-state index is -1.35. The second kappa shape index (κ2) is 7.79. The fraction of sp³-hybridized carbons (Fsp3) is 0.500. The second-order valence-corrected chi connectivity index (χ2v) is 6.08. The van der Waals surface area contributed by atoms with Gasteiger partial charge in [0, 0.05) is 6.54 Å². The number of carbonyl (C=O) groups is 2. The van der Waals surface area contributed by atoms with Crippen molar-refractivity contribution in [3.05, 3.63) is 35.9 Å². The van der Waals surface area contributed by atoms with Crippen molar-refractivity contribution in [1.82, 2.24) is 10.6 Å². The molecule has 1 rings (SSSR count). The number of aliphatic hydroxyl groups is 1. The number of aliphatic hydroxyl groups excluding tert-OH is 1. The van der Waals surface area contributed by atoms with Gasteiger partial charge in [-0.25, -0.2) is 4.79 Å². The average molecular weight is 308 g/mol. The Morgan fingerprint density at radius 2 is 1.82 bits per heavy atom. The number of nitrogens with one attached hydrogen (secondary N) is 2. The van der Waals surface area contributed by atoms with E-state index in [-0.39, 0.29) is 0 Å². The monoisotopic (exact) mass is 308 g/mol. The van der Waals surface area contributed by atoms with E-state index in [1.165, 1.54) is 6.92 Å². The SMILES string of the molecule is C[C@H](NC(=O)OC(C)(C)C)C(O)C(=O)NCc1ccccc1. The normalized spacial score (nSPS) is 13.9. The van der Waals surface area contributed by atoms with Crippen LogP contribution in [0.2, 0.25) is 0 Å². The Bertz CT molecular complexity index is 497. The molecule has 122 valence electrons. The quantitative estimate of drug-likeness (QED) is 0.770. The van der Waals surface area contributed by atoms with Gasteiger partial charge in [0.25, 0.3) is 5.91 Å². The van der Waals surface area contributed by atoms with Gasteiger partial charge in [-0.1, -0.05) is 30.3 Å². The second-order valence-electron chi connectivity index (χ2n) is 6.08. The molecule has 0 aliphatic rings. The van der Waals surface area contributed by atoms with Crippen LogP contribution in [-0.4, -0.2) is 34.9 Å². The number of benzene rings is 1. The van der Waals surface area contributed by atoms with E-state index >= 15 is 0 Å². The van der Waals surface area contributed by atoms with Gasteiger partial charge in [-0.2, -0.15) is 0 Å². The van der Waals surface area contributed by atoms with Crippen LogP contribution < -0.4 is 10.6 Å². The van der Waals surface area contributed by atoms with Crippen LogP contribution in [0.5, 0.6) is 0 Å². The van der Waals surface area contributed by atoms with Crippen molar-refractivity contribution >= 4 is 12.0 Å². The Labute approximate surface area is 130 Å². The molecule has 0 spiro atoms. The number of ether oxygens (including phenoxy) is 1. The average Bonchev–Trinajstić information content (AvgIpc) is 2.42. The largest absolute Gasteiger partial charge is 0.444 e. The highest BCUT2D eigenvalue weighted by Crippen LogP contribution is 2.07. The van der Waals surface area contributed by atoms with Crippen molar-refractivity contribution in [3.63, 3.8) is 0 Å². The lowest BCUT2D eigenvalue weighted by Gasteiger charge is -2.24. The molecule has 1 aromatic carbocycles. The molecule has 0 bridgehead atoms. The number of rotatable bonds is 5. The summed E-state index contributed by atoms with van der Waals surface area (Å²) in [7, 11) is 0. The van der Waals surface area contributed by atoms with E-state index in [4.69, 9.17) is 4.74 Å². The molecule has 0 radical (unpaired) electrons. The van der Waals surface area contributed by atoms with Crippen LogP contribution in [0.25, 0.3) is 0 Å². The molecule has 0 saturated carbocycles. The zero-order valence-electron chi connectivity index (χ0n) is 13.4. The van der Waals surface area contributed by atoms with Crippen LogP contribution in [-0.2, 0) is 16.1 Å². The van der Waals surface area contributed by atoms with Crippen LogP contribution in [0.15, 0.2) is 30.3 Å². The van der Waals surface area contributed by atoms with Crippen LogP contribution >= 0.6 is 0 Å². The van der Waals surface area contributed by atoms with Crippen molar-refractivity contribution in [2.75, 3.05) is 0 Å². The van der Waals surface area contributed by atoms with Gasteiger partial charge >= 0.3 is 6.09 Å². The molecule has 1 unspecified atom stereocenters. The highest BCUT2D eigenvalue weighted by molar-refractivity contribution is 5.82. The summed E-state index contributed by atoms with van der Waals surface area (Å²) in [4.78, 5) is 23.5. The van der Waals surface area contributed by atoms with E-state index in [1.807, 2.05) is 30.3 Å². The van der Waals surface area contributed by atoms with Gasteiger partial charge in [0.1, 0.15) is 5.60 Å². The minimum absolute atomic E-state index is 0.315. The first kappa shape index (κ1) is 18.0. The number of alkyl carbamates (subject to hydrolysis) is 1. The topological polar surface area (TPSA) is 87.7 Å². The molecule has 1 aromatic rings. The van der Waals surface area contributed by atoms with Crippen molar-refractivity contribution < 1.29 is 19.4 Å². The number of hydrogen-bond acceptors (Lipinski definition) is 4. The number of amides is 2. The third kappa shape index (κ3) is 6.58. The summed E-state index contributed by atoms with van der Waals surface area (Å²) in [5, 5.41) is 15.0. The molecule has 0 aromatic heterocycles. The molecule has 0 saturated heterocycles. The molecular weight excluding hydrogens is 284 g/mol. The van der Waals surface area contributed by atoms with Gasteiger partial charge in [0.2, 0.25) is 0 Å². The van der Waals surface area contributed by atoms with E-state index in [2.05, 4.69) is 10.6 Å². The molecule has 0 fully saturated rings. The van der Waals surface area contributed by atoms with Gasteiger partial charge in [-0.05, 0) is 33.3 Å². The van der Waals surface area contributed by atoms with Crippen LogP contribution in [0.4, 0.5) is 4.79 Å². The van der Waals surface area contributed by atoms with Crippen molar-refractivity contribution in [1.29, 1.82) is 0 Å². The molecule has 0 aliphatic carbocycles. The Morgan fingerprint density at radius 1 is 1.23 bits per heavy atom. The number of carbonyl (C=O) groups excluding carboxylic acids is 2. The van der Waals surface area contributed by atoms with Crippen molar-refractivity contribution in [2.24, 2.45) is 0 Å². The Hall–Kier alpha value is -2.08. The molecule has 3 N–H and O–H groups in total. The molecule has 2 amide bonds. The predicted octanol–water partition coefficient (Wildman–Crippen LogP) is 1.58. The molecule has 6 heteroatoms. The zero-order chi connectivity index (χ0) is 16.8. The van der Waals surface area contributed by atoms with Crippen LogP contribution in [0.1, 0.15) is 33.3 Å². The van der Waals surface area contributed by atoms with E-state index in [1.54, 1.807) is 20.8 Å². The van der Waals surface area contributed by atoms with E-state index < -0.39 is 29.7 Å². The van der Waals surface area contributed by atoms with Crippen LogP contribution in [0.3, 0.4) is 0 Å². The smallest absolute Gasteiger partial charge is 0.407 e. The highest BCUT2D eigenvalue weighted by atomic mass is 16.6. The molecule has 6 nitrogen and oxygen atoms in total. The zero-order valence-corrected chi connectivity index (χ0v) is 13.4. The first-order chi connectivity index (χ1) is 10.2. The predicted molar refractivity (Wildman–Crippen MR) is 83.1 cm³/mol. The van der Waals surface area contributed by atoms with E-state index in [0.717, 1.165) is 5.56 Å². The summed E-state index contributed by atoms with van der Waals surface area (Å²) in [6.45, 7) is 7.06. The van der Waals surface area contributed by atoms with E-state index in [0.29, 0.717) is 6.54 Å². The van der Waals surface area contributed by atoms with Gasteiger partial charge in [0.15, 0.2) is 6.10 Å². The lowest BCUT2D eigenvalue weighted by atomic mass is 10.1. The molecule has 22 heavy (non-hydrogen) atoms. The summed E-state index contributed by atoms with van der Waals surface area (Å²) in [5.41, 5.74) is 0.292. The Balaban J connectivity index is 2.43. The summed E-state index contributed by atoms with van der Waals surface area (Å²) in [5.74, 6) is -0.549. The number of hydrogen-bond donors (Lipinski definition) is 3. The van der Waals surface area contributed by atoms with E-state index in [9.17, 15) is 14.7 Å². The standard InChI is InChI=1S/C16H24N2O4/c1-11(18-15(21)22-16(2,3)4)13(19)14(20)17-10-12-8-6-5-7-9-12/h5-9,11,13,19H,10H2,1-4H3,(H,17,20)(H,18,21)/t11-,13?/m0/s1. The molecular formula is C16H24N2O4. The fourth-order valence-corrected chi connectivity index (χ4v) is 1.69. The summed E-state index contributed by atoms with van der Waals surface area (Å²) >= 11 is 0. The lowest BCUT2D eigenvalue weighted by Crippen LogP contribution is -2.49. The summed E-state index contributed by atoms with van der Waals surface area (Å²) in [6, 6.07) is 8.59. The van der Waals surface area contributed by atoms with Gasteiger partial charge in [0.05, 0.1) is 6.04 Å². The molecule has 0 heterocycles. The first-order valence-corrected chi connectivity index (χ1v) is 7.18. The van der Waals surface area contributed by atoms with Crippen molar-refractivity contribution in [3.8, 4) is 0 Å². The fourth-order valence-electron chi connectivity index (χ4n) is 1.69. The third-order valence-corrected chi connectivity index (χ3v) is 2.80. The molecule has 0 aliphatic heterocycles. The Morgan fingerprint density at radius 3 is 2.36 bits per heavy atom. The lowest BCUT2D eigenvalue weighted by molar-refractivity contribution is -0.130. The summed E-state index contributed by atoms with van der Waals surface area (Å²) < 4.78 is 5.07. The van der Waals surface area contributed by atoms with Crippen molar-refractivity contribution in [2.45, 2.75) is 52.0 Å². The Kier molecular flexibility index (Phi) is 6.37. The minimum Gasteiger partial charge on any atom is -0.444 e. The molecule has 2 atom stereocenters. The summed E-state index contributed by atoms with van der Waals surface area (Å²) in [6.07, 6.45) is -2.02. The first-order valence-electron chi connectivity index (χ1n) is 7.18. The maximum Gasteiger partial charge on any atom is 0.407 e. The maximum absolute atomic E-state index is 11.9. The van der Waals surface area contributed by atoms with Gasteiger partial charge in [-0.3, -0.25) is 4.79 Å². The van der Waals surface area contributed by atoms with Crippen LogP contribution in [0, 0.1) is 0 Å². The highest BCUT2D eigenvalue weighted by Gasteiger charge is 2.25. The third-order valence-electron chi connectivity index (χ3n) is 2.80. The maximum atomic E-state index is 11.9. The van der Waals surface area contributed by atoms with Gasteiger partial charge < -0.3 is 20.5 Å². The van der Waals surface area contributed by atoms with Gasteiger partial charge in [-0.15, -0.1) is 0 Å².